The van der Waals surface area contributed by atoms with Crippen molar-refractivity contribution in [2.45, 2.75) is 44.8 Å². The Bertz CT molecular complexity index is 164. The first-order valence-corrected chi connectivity index (χ1v) is 5.77. The molecule has 14 heavy (non-hydrogen) atoms. The average molecular weight is 199 g/mol. The molecular formula is C11H21NO2. The second kappa shape index (κ2) is 5.10. The van der Waals surface area contributed by atoms with E-state index >= 15 is 0 Å². The third kappa shape index (κ3) is 2.94. The number of nitrogens with one attached hydrogen (secondary N) is 1. The fourth-order valence-electron chi connectivity index (χ4n) is 2.35. The Morgan fingerprint density at radius 3 is 2.86 bits per heavy atom. The van der Waals surface area contributed by atoms with Crippen molar-refractivity contribution in [2.24, 2.45) is 5.92 Å². The predicted octanol–water partition coefficient (Wildman–Crippen LogP) is 1.53. The van der Waals surface area contributed by atoms with Crippen LogP contribution in [-0.2, 0) is 9.47 Å². The topological polar surface area (TPSA) is 30.5 Å². The first-order valence-electron chi connectivity index (χ1n) is 5.77. The van der Waals surface area contributed by atoms with Crippen LogP contribution in [0.3, 0.4) is 0 Å². The third-order valence-corrected chi connectivity index (χ3v) is 3.30. The zero-order chi connectivity index (χ0) is 9.80. The van der Waals surface area contributed by atoms with E-state index in [1.54, 1.807) is 0 Å². The van der Waals surface area contributed by atoms with Crippen LogP contribution in [0.2, 0.25) is 0 Å². The maximum Gasteiger partial charge on any atom is 0.147 e. The molecule has 3 nitrogen and oxygen atoms in total. The Labute approximate surface area is 86.2 Å². The summed E-state index contributed by atoms with van der Waals surface area (Å²) in [6.07, 6.45) is 5.47. The van der Waals surface area contributed by atoms with Crippen LogP contribution >= 0.6 is 0 Å². The Morgan fingerprint density at radius 1 is 1.29 bits per heavy atom. The summed E-state index contributed by atoms with van der Waals surface area (Å²) in [5.74, 6) is 0.906. The molecule has 1 saturated carbocycles. The van der Waals surface area contributed by atoms with Gasteiger partial charge in [0.15, 0.2) is 0 Å². The lowest BCUT2D eigenvalue weighted by atomic mass is 10.1. The molecule has 1 saturated heterocycles. The van der Waals surface area contributed by atoms with Crippen LogP contribution in [0.4, 0.5) is 0 Å². The van der Waals surface area contributed by atoms with Crippen LogP contribution in [0.5, 0.6) is 0 Å². The van der Waals surface area contributed by atoms with E-state index in [-0.39, 0.29) is 0 Å². The highest BCUT2D eigenvalue weighted by Gasteiger charge is 2.22. The second-order valence-electron chi connectivity index (χ2n) is 4.63. The van der Waals surface area contributed by atoms with Crippen molar-refractivity contribution in [1.29, 1.82) is 0 Å². The van der Waals surface area contributed by atoms with Crippen molar-refractivity contribution in [1.82, 2.24) is 5.32 Å². The summed E-state index contributed by atoms with van der Waals surface area (Å²) in [6.45, 7) is 4.67. The summed E-state index contributed by atoms with van der Waals surface area (Å²) in [5, 5.41) is 3.60. The van der Waals surface area contributed by atoms with Crippen LogP contribution in [0.15, 0.2) is 0 Å². The summed E-state index contributed by atoms with van der Waals surface area (Å²) in [7, 11) is 0. The molecule has 0 aromatic rings. The van der Waals surface area contributed by atoms with Crippen molar-refractivity contribution in [2.75, 3.05) is 19.9 Å². The first-order chi connectivity index (χ1) is 6.84. The molecule has 1 aliphatic carbocycles. The summed E-state index contributed by atoms with van der Waals surface area (Å²) in [6, 6.07) is 0.733. The van der Waals surface area contributed by atoms with Gasteiger partial charge in [0.05, 0.1) is 12.7 Å². The fraction of sp³-hybridized carbons (Fsp3) is 1.00. The van der Waals surface area contributed by atoms with Crippen molar-refractivity contribution in [3.8, 4) is 0 Å². The molecule has 1 heterocycles. The van der Waals surface area contributed by atoms with E-state index in [0.29, 0.717) is 12.9 Å². The number of hydrogen-bond acceptors (Lipinski definition) is 3. The summed E-state index contributed by atoms with van der Waals surface area (Å²) in [4.78, 5) is 0. The maximum absolute atomic E-state index is 5.48. The molecule has 0 aromatic heterocycles. The molecule has 1 aliphatic heterocycles. The molecule has 0 spiro atoms. The minimum absolute atomic E-state index is 0.375. The van der Waals surface area contributed by atoms with Gasteiger partial charge in [-0.3, -0.25) is 0 Å². The molecule has 0 aromatic carbocycles. The molecule has 3 unspecified atom stereocenters. The molecular weight excluding hydrogens is 178 g/mol. The van der Waals surface area contributed by atoms with Gasteiger partial charge in [0.25, 0.3) is 0 Å². The Kier molecular flexibility index (Phi) is 3.79. The standard InChI is InChI=1S/C11H21NO2/c1-9-2-3-10(6-9)12-7-11-4-5-13-8-14-11/h9-12H,2-8H2,1H3. The fourth-order valence-corrected chi connectivity index (χ4v) is 2.35. The summed E-state index contributed by atoms with van der Waals surface area (Å²) >= 11 is 0. The highest BCUT2D eigenvalue weighted by atomic mass is 16.7. The van der Waals surface area contributed by atoms with E-state index < -0.39 is 0 Å². The molecule has 0 bridgehead atoms. The van der Waals surface area contributed by atoms with Gasteiger partial charge in [-0.25, -0.2) is 0 Å². The lowest BCUT2D eigenvalue weighted by molar-refractivity contribution is -0.137. The number of rotatable bonds is 3. The molecule has 2 aliphatic rings. The van der Waals surface area contributed by atoms with Gasteiger partial charge in [-0.05, 0) is 31.6 Å². The molecule has 3 heteroatoms. The summed E-state index contributed by atoms with van der Waals surface area (Å²) < 4.78 is 10.6. The van der Waals surface area contributed by atoms with Gasteiger partial charge in [-0.1, -0.05) is 6.92 Å². The van der Waals surface area contributed by atoms with Gasteiger partial charge in [-0.15, -0.1) is 0 Å². The maximum atomic E-state index is 5.48. The third-order valence-electron chi connectivity index (χ3n) is 3.30. The van der Waals surface area contributed by atoms with Crippen molar-refractivity contribution < 1.29 is 9.47 Å². The SMILES string of the molecule is CC1CCC(NCC2CCOCO2)C1. The van der Waals surface area contributed by atoms with Crippen LogP contribution in [0, 0.1) is 5.92 Å². The van der Waals surface area contributed by atoms with Crippen molar-refractivity contribution >= 4 is 0 Å². The monoisotopic (exact) mass is 199 g/mol. The number of hydrogen-bond donors (Lipinski definition) is 1. The van der Waals surface area contributed by atoms with E-state index in [1.807, 2.05) is 0 Å². The highest BCUT2D eigenvalue weighted by molar-refractivity contribution is 4.79. The Hall–Kier alpha value is -0.120. The van der Waals surface area contributed by atoms with Gasteiger partial charge < -0.3 is 14.8 Å². The largest absolute Gasteiger partial charge is 0.355 e. The Balaban J connectivity index is 1.61. The Morgan fingerprint density at radius 2 is 2.21 bits per heavy atom. The van der Waals surface area contributed by atoms with Gasteiger partial charge in [-0.2, -0.15) is 0 Å². The minimum atomic E-state index is 0.375. The smallest absolute Gasteiger partial charge is 0.147 e. The van der Waals surface area contributed by atoms with E-state index in [2.05, 4.69) is 12.2 Å². The van der Waals surface area contributed by atoms with Crippen LogP contribution in [-0.4, -0.2) is 32.1 Å². The van der Waals surface area contributed by atoms with E-state index in [1.165, 1.54) is 19.3 Å². The summed E-state index contributed by atoms with van der Waals surface area (Å²) in [5.41, 5.74) is 0. The van der Waals surface area contributed by atoms with Gasteiger partial charge in [0.1, 0.15) is 6.79 Å². The van der Waals surface area contributed by atoms with Gasteiger partial charge in [0.2, 0.25) is 0 Å². The van der Waals surface area contributed by atoms with E-state index in [9.17, 15) is 0 Å². The molecule has 1 N–H and O–H groups in total. The predicted molar refractivity (Wildman–Crippen MR) is 55.1 cm³/mol. The number of ether oxygens (including phenoxy) is 2. The average Bonchev–Trinajstić information content (AvgIpc) is 2.63. The first kappa shape index (κ1) is 10.4. The van der Waals surface area contributed by atoms with Crippen LogP contribution in [0.25, 0.3) is 0 Å². The molecule has 0 radical (unpaired) electrons. The van der Waals surface area contributed by atoms with Crippen molar-refractivity contribution in [3.63, 3.8) is 0 Å². The second-order valence-corrected chi connectivity index (χ2v) is 4.63. The van der Waals surface area contributed by atoms with Gasteiger partial charge in [0, 0.05) is 12.6 Å². The molecule has 82 valence electrons. The highest BCUT2D eigenvalue weighted by Crippen LogP contribution is 2.24. The minimum Gasteiger partial charge on any atom is -0.355 e. The lowest BCUT2D eigenvalue weighted by Crippen LogP contribution is -2.38. The quantitative estimate of drug-likeness (QED) is 0.747. The van der Waals surface area contributed by atoms with Gasteiger partial charge >= 0.3 is 0 Å². The van der Waals surface area contributed by atoms with E-state index in [4.69, 9.17) is 9.47 Å². The van der Waals surface area contributed by atoms with Crippen LogP contribution in [0.1, 0.15) is 32.6 Å². The molecule has 2 rings (SSSR count). The van der Waals surface area contributed by atoms with E-state index in [0.717, 1.165) is 31.5 Å². The molecule has 0 amide bonds. The van der Waals surface area contributed by atoms with Crippen LogP contribution < -0.4 is 5.32 Å². The van der Waals surface area contributed by atoms with Crippen molar-refractivity contribution in [3.05, 3.63) is 0 Å². The lowest BCUT2D eigenvalue weighted by Gasteiger charge is -2.24. The molecule has 2 fully saturated rings. The molecule has 3 atom stereocenters. The zero-order valence-corrected chi connectivity index (χ0v) is 9.00. The zero-order valence-electron chi connectivity index (χ0n) is 9.00. The normalized spacial score (nSPS) is 38.8.